The molecule has 0 spiro atoms. The third-order valence-electron chi connectivity index (χ3n) is 1.63. The topological polar surface area (TPSA) is 0 Å². The van der Waals surface area contributed by atoms with Gasteiger partial charge in [0.2, 0.25) is 0 Å². The standard InChI is InChI=1S/C6H12Ge/c1-3-6-5-7(6)4-2/h5,7H,3-4H2,1-2H3. The molecule has 1 atom stereocenters. The maximum absolute atomic E-state index is 2.55. The molecular formula is C6H12Ge. The van der Waals surface area contributed by atoms with E-state index >= 15 is 0 Å². The zero-order chi connectivity index (χ0) is 5.28. The van der Waals surface area contributed by atoms with Gasteiger partial charge in [0.15, 0.2) is 0 Å². The van der Waals surface area contributed by atoms with E-state index in [1.165, 1.54) is 11.7 Å². The minimum atomic E-state index is -0.619. The summed E-state index contributed by atoms with van der Waals surface area (Å²) in [6.45, 7) is 4.59. The number of hydrogen-bond acceptors (Lipinski definition) is 0. The van der Waals surface area contributed by atoms with Crippen molar-refractivity contribution in [3.05, 3.63) is 9.31 Å². The van der Waals surface area contributed by atoms with Crippen LogP contribution in [0.5, 0.6) is 0 Å². The molecule has 0 aliphatic carbocycles. The first-order valence-corrected chi connectivity index (χ1v) is 7.41. The van der Waals surface area contributed by atoms with E-state index in [9.17, 15) is 0 Å². The summed E-state index contributed by atoms with van der Waals surface area (Å²) in [6.07, 6.45) is 1.36. The van der Waals surface area contributed by atoms with Crippen LogP contribution in [0.1, 0.15) is 20.3 Å². The average molecular weight is 157 g/mol. The Labute approximate surface area is 49.7 Å². The third-order valence-corrected chi connectivity index (χ3v) is 7.62. The number of hydrogen-bond donors (Lipinski definition) is 0. The van der Waals surface area contributed by atoms with E-state index in [4.69, 9.17) is 0 Å². The van der Waals surface area contributed by atoms with E-state index in [1.54, 1.807) is 0 Å². The predicted molar refractivity (Wildman–Crippen MR) is 36.0 cm³/mol. The summed E-state index contributed by atoms with van der Waals surface area (Å²) in [5, 5.41) is 1.51. The second-order valence-electron chi connectivity index (χ2n) is 2.11. The maximum atomic E-state index is 2.55. The fraction of sp³-hybridized carbons (Fsp3) is 0.667. The van der Waals surface area contributed by atoms with Gasteiger partial charge >= 0.3 is 49.2 Å². The summed E-state index contributed by atoms with van der Waals surface area (Å²) in [5.74, 6) is 0. The predicted octanol–water partition coefficient (Wildman–Crippen LogP) is 1.66. The molecule has 1 unspecified atom stereocenters. The summed E-state index contributed by atoms with van der Waals surface area (Å²) in [5.41, 5.74) is 0. The van der Waals surface area contributed by atoms with Crippen molar-refractivity contribution >= 4 is 14.3 Å². The summed E-state index contributed by atoms with van der Waals surface area (Å²) >= 11 is -0.619. The Balaban J connectivity index is 2.14. The van der Waals surface area contributed by atoms with Crippen LogP contribution in [0.15, 0.2) is 9.31 Å². The van der Waals surface area contributed by atoms with Gasteiger partial charge in [-0.25, -0.2) is 0 Å². The average Bonchev–Trinajstić information content (AvgIpc) is 2.43. The molecule has 7 heavy (non-hydrogen) atoms. The molecule has 0 radical (unpaired) electrons. The molecule has 1 heterocycles. The van der Waals surface area contributed by atoms with Gasteiger partial charge in [0, 0.05) is 0 Å². The van der Waals surface area contributed by atoms with Crippen molar-refractivity contribution in [1.29, 1.82) is 0 Å². The van der Waals surface area contributed by atoms with Gasteiger partial charge in [-0.3, -0.25) is 0 Å². The van der Waals surface area contributed by atoms with Gasteiger partial charge in [-0.15, -0.1) is 0 Å². The van der Waals surface area contributed by atoms with Crippen molar-refractivity contribution in [2.45, 2.75) is 25.5 Å². The molecular weight excluding hydrogens is 145 g/mol. The van der Waals surface area contributed by atoms with Crippen molar-refractivity contribution in [1.82, 2.24) is 0 Å². The third kappa shape index (κ3) is 1.09. The Kier molecular flexibility index (Phi) is 1.58. The zero-order valence-corrected chi connectivity index (χ0v) is 7.49. The Morgan fingerprint density at radius 3 is 2.43 bits per heavy atom. The van der Waals surface area contributed by atoms with Crippen LogP contribution in [0.3, 0.4) is 0 Å². The van der Waals surface area contributed by atoms with Crippen molar-refractivity contribution in [3.63, 3.8) is 0 Å². The van der Waals surface area contributed by atoms with Crippen LogP contribution in [0.4, 0.5) is 0 Å². The molecule has 1 heteroatoms. The van der Waals surface area contributed by atoms with Gasteiger partial charge in [0.05, 0.1) is 0 Å². The molecule has 0 N–H and O–H groups in total. The number of allylic oxidation sites excluding steroid dienone is 1. The van der Waals surface area contributed by atoms with Gasteiger partial charge in [0.25, 0.3) is 0 Å². The molecule has 0 fully saturated rings. The molecule has 40 valence electrons. The summed E-state index contributed by atoms with van der Waals surface area (Å²) in [6, 6.07) is 0. The zero-order valence-electron chi connectivity index (χ0n) is 5.07. The van der Waals surface area contributed by atoms with E-state index < -0.39 is 14.3 Å². The molecule has 0 saturated heterocycles. The number of rotatable bonds is 2. The molecule has 0 aromatic carbocycles. The molecule has 0 saturated carbocycles. The first-order valence-electron chi connectivity index (χ1n) is 3.09. The van der Waals surface area contributed by atoms with Crippen molar-refractivity contribution in [3.8, 4) is 0 Å². The van der Waals surface area contributed by atoms with Crippen LogP contribution in [0, 0.1) is 0 Å². The van der Waals surface area contributed by atoms with E-state index in [1.807, 2.05) is 4.41 Å². The summed E-state index contributed by atoms with van der Waals surface area (Å²) in [7, 11) is 0. The SMILES string of the molecule is CC[C]1=[CH][GeH]1[CH2]C. The van der Waals surface area contributed by atoms with Crippen molar-refractivity contribution < 1.29 is 0 Å². The Hall–Kier alpha value is 0.283. The summed E-state index contributed by atoms with van der Waals surface area (Å²) in [4.78, 5) is 2.55. The molecule has 0 aromatic heterocycles. The fourth-order valence-electron chi connectivity index (χ4n) is 0.970. The molecule has 0 bridgehead atoms. The van der Waals surface area contributed by atoms with Gasteiger partial charge in [-0.1, -0.05) is 0 Å². The van der Waals surface area contributed by atoms with Crippen molar-refractivity contribution in [2.75, 3.05) is 0 Å². The van der Waals surface area contributed by atoms with Gasteiger partial charge in [0.1, 0.15) is 0 Å². The molecule has 1 rings (SSSR count). The van der Waals surface area contributed by atoms with Crippen LogP contribution in [-0.2, 0) is 0 Å². The molecule has 1 aliphatic rings. The molecule has 0 amide bonds. The van der Waals surface area contributed by atoms with Crippen LogP contribution in [-0.4, -0.2) is 14.3 Å². The second-order valence-corrected chi connectivity index (χ2v) is 8.62. The van der Waals surface area contributed by atoms with Crippen molar-refractivity contribution in [2.24, 2.45) is 0 Å². The van der Waals surface area contributed by atoms with Gasteiger partial charge < -0.3 is 0 Å². The Bertz CT molecular complexity index is 94.4. The van der Waals surface area contributed by atoms with Crippen LogP contribution < -0.4 is 0 Å². The van der Waals surface area contributed by atoms with E-state index in [0.717, 1.165) is 0 Å². The van der Waals surface area contributed by atoms with Gasteiger partial charge in [-0.05, 0) is 0 Å². The van der Waals surface area contributed by atoms with Crippen LogP contribution >= 0.6 is 0 Å². The van der Waals surface area contributed by atoms with Crippen LogP contribution in [0.2, 0.25) is 5.25 Å². The van der Waals surface area contributed by atoms with Crippen LogP contribution in [0.25, 0.3) is 0 Å². The van der Waals surface area contributed by atoms with Gasteiger partial charge in [-0.2, -0.15) is 0 Å². The Morgan fingerprint density at radius 1 is 1.57 bits per heavy atom. The van der Waals surface area contributed by atoms with E-state index in [-0.39, 0.29) is 0 Å². The fourth-order valence-corrected chi connectivity index (χ4v) is 6.53. The van der Waals surface area contributed by atoms with E-state index in [0.29, 0.717) is 0 Å². The molecule has 0 nitrogen and oxygen atoms in total. The van der Waals surface area contributed by atoms with E-state index in [2.05, 4.69) is 18.8 Å². The monoisotopic (exact) mass is 158 g/mol. The first-order chi connectivity index (χ1) is 3.38. The molecule has 0 aromatic rings. The minimum absolute atomic E-state index is 0.619. The molecule has 1 aliphatic heterocycles. The quantitative estimate of drug-likeness (QED) is 0.534. The second kappa shape index (κ2) is 2.03. The Morgan fingerprint density at radius 2 is 2.29 bits per heavy atom. The first kappa shape index (κ1) is 5.42. The normalized spacial score (nSPS) is 27.1. The summed E-state index contributed by atoms with van der Waals surface area (Å²) < 4.78 is 1.86.